The lowest BCUT2D eigenvalue weighted by atomic mass is 10.2. The lowest BCUT2D eigenvalue weighted by Crippen LogP contribution is -1.93. The molecule has 20 heavy (non-hydrogen) atoms. The Morgan fingerprint density at radius 3 is 2.70 bits per heavy atom. The average Bonchev–Trinajstić information content (AvgIpc) is 2.41. The van der Waals surface area contributed by atoms with Crippen molar-refractivity contribution in [1.29, 1.82) is 0 Å². The Kier molecular flexibility index (Phi) is 3.88. The van der Waals surface area contributed by atoms with Crippen molar-refractivity contribution in [3.05, 3.63) is 58.1 Å². The number of isocyanates is 1. The Bertz CT molecular complexity index is 707. The number of carbonyl (C=O) groups excluding carboxylic acids is 1. The number of nitrogens with one attached hydrogen (secondary N) is 1. The zero-order valence-corrected chi connectivity index (χ0v) is 10.7. The number of rotatable bonds is 4. The summed E-state index contributed by atoms with van der Waals surface area (Å²) in [5.41, 5.74) is 2.42. The average molecular weight is 269 g/mol. The molecule has 0 amide bonds. The van der Waals surface area contributed by atoms with Crippen LogP contribution in [0.5, 0.6) is 0 Å². The first-order valence-corrected chi connectivity index (χ1v) is 5.80. The quantitative estimate of drug-likeness (QED) is 0.397. The molecule has 0 heterocycles. The maximum Gasteiger partial charge on any atom is 0.271 e. The third kappa shape index (κ3) is 3.07. The SMILES string of the molecule is Cc1cccc(Nc2ccc([N+](=O)[O-])cc2N=C=O)c1. The molecule has 0 aliphatic rings. The number of hydrogen-bond acceptors (Lipinski definition) is 5. The third-order valence-corrected chi connectivity index (χ3v) is 2.66. The highest BCUT2D eigenvalue weighted by Crippen LogP contribution is 2.31. The molecule has 0 aliphatic heterocycles. The fraction of sp³-hybridized carbons (Fsp3) is 0.0714. The lowest BCUT2D eigenvalue weighted by Gasteiger charge is -2.09. The molecule has 0 bridgehead atoms. The Labute approximate surface area is 114 Å². The predicted molar refractivity (Wildman–Crippen MR) is 75.3 cm³/mol. The molecular weight excluding hydrogens is 258 g/mol. The summed E-state index contributed by atoms with van der Waals surface area (Å²) in [4.78, 5) is 24.1. The third-order valence-electron chi connectivity index (χ3n) is 2.66. The maximum atomic E-state index is 10.7. The molecule has 6 nitrogen and oxygen atoms in total. The molecule has 6 heteroatoms. The van der Waals surface area contributed by atoms with Crippen LogP contribution in [-0.2, 0) is 4.79 Å². The zero-order chi connectivity index (χ0) is 14.5. The van der Waals surface area contributed by atoms with Gasteiger partial charge in [0, 0.05) is 17.8 Å². The Morgan fingerprint density at radius 2 is 2.05 bits per heavy atom. The minimum atomic E-state index is -0.541. The number of nitrogens with zero attached hydrogens (tertiary/aromatic N) is 2. The normalized spacial score (nSPS) is 9.65. The van der Waals surface area contributed by atoms with E-state index in [4.69, 9.17) is 0 Å². The molecule has 0 aromatic heterocycles. The van der Waals surface area contributed by atoms with E-state index >= 15 is 0 Å². The van der Waals surface area contributed by atoms with Gasteiger partial charge in [0.1, 0.15) is 5.69 Å². The Hall–Kier alpha value is -2.98. The number of hydrogen-bond donors (Lipinski definition) is 1. The molecule has 2 aromatic carbocycles. The molecule has 0 fully saturated rings. The second-order valence-corrected chi connectivity index (χ2v) is 4.16. The van der Waals surface area contributed by atoms with Crippen molar-refractivity contribution >= 4 is 28.8 Å². The standard InChI is InChI=1S/C14H11N3O3/c1-10-3-2-4-11(7-10)16-13-6-5-12(17(19)20)8-14(13)15-9-18/h2-8,16H,1H3. The topological polar surface area (TPSA) is 84.6 Å². The van der Waals surface area contributed by atoms with Gasteiger partial charge < -0.3 is 5.32 Å². The number of anilines is 2. The van der Waals surface area contributed by atoms with Crippen LogP contribution in [0, 0.1) is 17.0 Å². The molecular formula is C14H11N3O3. The summed E-state index contributed by atoms with van der Waals surface area (Å²) in [5.74, 6) is 0. The van der Waals surface area contributed by atoms with Crippen LogP contribution in [0.4, 0.5) is 22.7 Å². The number of nitro benzene ring substituents is 1. The molecule has 0 aliphatic carbocycles. The first-order chi connectivity index (χ1) is 9.60. The van der Waals surface area contributed by atoms with E-state index in [2.05, 4.69) is 10.3 Å². The minimum absolute atomic E-state index is 0.131. The van der Waals surface area contributed by atoms with E-state index in [9.17, 15) is 14.9 Å². The van der Waals surface area contributed by atoms with Gasteiger partial charge in [-0.2, -0.15) is 4.99 Å². The monoisotopic (exact) mass is 269 g/mol. The molecule has 100 valence electrons. The second kappa shape index (κ2) is 5.77. The maximum absolute atomic E-state index is 10.7. The second-order valence-electron chi connectivity index (χ2n) is 4.16. The van der Waals surface area contributed by atoms with Crippen LogP contribution in [0.3, 0.4) is 0 Å². The molecule has 0 spiro atoms. The number of nitro groups is 1. The fourth-order valence-electron chi connectivity index (χ4n) is 1.76. The van der Waals surface area contributed by atoms with Crippen LogP contribution >= 0.6 is 0 Å². The highest BCUT2D eigenvalue weighted by atomic mass is 16.6. The summed E-state index contributed by atoms with van der Waals surface area (Å²) in [6, 6.07) is 11.7. The summed E-state index contributed by atoms with van der Waals surface area (Å²) in [6.45, 7) is 1.95. The number of non-ortho nitro benzene ring substituents is 1. The minimum Gasteiger partial charge on any atom is -0.354 e. The largest absolute Gasteiger partial charge is 0.354 e. The molecule has 1 N–H and O–H groups in total. The van der Waals surface area contributed by atoms with Crippen LogP contribution in [0.25, 0.3) is 0 Å². The van der Waals surface area contributed by atoms with Crippen molar-refractivity contribution < 1.29 is 9.72 Å². The van der Waals surface area contributed by atoms with Gasteiger partial charge in [0.25, 0.3) is 5.69 Å². The Morgan fingerprint density at radius 1 is 1.25 bits per heavy atom. The van der Waals surface area contributed by atoms with Gasteiger partial charge in [-0.25, -0.2) is 4.79 Å². The zero-order valence-electron chi connectivity index (χ0n) is 10.7. The van der Waals surface area contributed by atoms with Gasteiger partial charge in [0.2, 0.25) is 6.08 Å². The highest BCUT2D eigenvalue weighted by molar-refractivity contribution is 5.76. The fourth-order valence-corrected chi connectivity index (χ4v) is 1.76. The summed E-state index contributed by atoms with van der Waals surface area (Å²) in [6.07, 6.45) is 1.40. The van der Waals surface area contributed by atoms with E-state index in [1.807, 2.05) is 31.2 Å². The van der Waals surface area contributed by atoms with Crippen molar-refractivity contribution in [2.75, 3.05) is 5.32 Å². The summed E-state index contributed by atoms with van der Waals surface area (Å²) < 4.78 is 0. The smallest absolute Gasteiger partial charge is 0.271 e. The summed E-state index contributed by atoms with van der Waals surface area (Å²) in [7, 11) is 0. The van der Waals surface area contributed by atoms with E-state index < -0.39 is 4.92 Å². The van der Waals surface area contributed by atoms with Crippen LogP contribution in [0.2, 0.25) is 0 Å². The number of aliphatic imine (C=N–C) groups is 1. The molecule has 0 atom stereocenters. The van der Waals surface area contributed by atoms with Crippen molar-refractivity contribution in [2.24, 2.45) is 4.99 Å². The number of benzene rings is 2. The van der Waals surface area contributed by atoms with Gasteiger partial charge in [-0.15, -0.1) is 0 Å². The molecule has 2 rings (SSSR count). The van der Waals surface area contributed by atoms with E-state index in [0.717, 1.165) is 11.3 Å². The summed E-state index contributed by atoms with van der Waals surface area (Å²) in [5, 5.41) is 13.8. The van der Waals surface area contributed by atoms with Gasteiger partial charge in [-0.3, -0.25) is 10.1 Å². The van der Waals surface area contributed by atoms with Gasteiger partial charge >= 0.3 is 0 Å². The molecule has 0 saturated heterocycles. The van der Waals surface area contributed by atoms with Crippen LogP contribution in [-0.4, -0.2) is 11.0 Å². The van der Waals surface area contributed by atoms with E-state index in [1.165, 1.54) is 24.3 Å². The van der Waals surface area contributed by atoms with Crippen molar-refractivity contribution in [3.63, 3.8) is 0 Å². The first-order valence-electron chi connectivity index (χ1n) is 5.80. The van der Waals surface area contributed by atoms with Crippen LogP contribution in [0.15, 0.2) is 47.5 Å². The predicted octanol–water partition coefficient (Wildman–Crippen LogP) is 3.61. The molecule has 0 unspecified atom stereocenters. The highest BCUT2D eigenvalue weighted by Gasteiger charge is 2.10. The van der Waals surface area contributed by atoms with Gasteiger partial charge in [0.05, 0.1) is 10.6 Å². The first kappa shape index (κ1) is 13.5. The van der Waals surface area contributed by atoms with Gasteiger partial charge in [-0.05, 0) is 30.7 Å². The van der Waals surface area contributed by atoms with Crippen molar-refractivity contribution in [3.8, 4) is 0 Å². The van der Waals surface area contributed by atoms with E-state index in [-0.39, 0.29) is 11.4 Å². The van der Waals surface area contributed by atoms with Crippen LogP contribution in [0.1, 0.15) is 5.56 Å². The lowest BCUT2D eigenvalue weighted by molar-refractivity contribution is -0.384. The Balaban J connectivity index is 2.40. The number of aryl methyl sites for hydroxylation is 1. The van der Waals surface area contributed by atoms with Gasteiger partial charge in [-0.1, -0.05) is 12.1 Å². The molecule has 0 saturated carbocycles. The molecule has 0 radical (unpaired) electrons. The summed E-state index contributed by atoms with van der Waals surface area (Å²) >= 11 is 0. The van der Waals surface area contributed by atoms with E-state index in [1.54, 1.807) is 0 Å². The van der Waals surface area contributed by atoms with Crippen molar-refractivity contribution in [1.82, 2.24) is 0 Å². The molecule has 2 aromatic rings. The van der Waals surface area contributed by atoms with Crippen LogP contribution < -0.4 is 5.32 Å². The van der Waals surface area contributed by atoms with Gasteiger partial charge in [0.15, 0.2) is 0 Å². The van der Waals surface area contributed by atoms with E-state index in [0.29, 0.717) is 5.69 Å². The van der Waals surface area contributed by atoms with Crippen molar-refractivity contribution in [2.45, 2.75) is 6.92 Å².